The van der Waals surface area contributed by atoms with Crippen molar-refractivity contribution in [2.75, 3.05) is 13.2 Å². The lowest BCUT2D eigenvalue weighted by atomic mass is 10.0. The number of hydrogen-bond acceptors (Lipinski definition) is 4. The average Bonchev–Trinajstić information content (AvgIpc) is 2.48. The summed E-state index contributed by atoms with van der Waals surface area (Å²) >= 11 is 0. The molecule has 1 aliphatic heterocycles. The van der Waals surface area contributed by atoms with Gasteiger partial charge >= 0.3 is 0 Å². The topological polar surface area (TPSA) is 64.4 Å². The van der Waals surface area contributed by atoms with E-state index >= 15 is 0 Å². The van der Waals surface area contributed by atoms with Crippen molar-refractivity contribution >= 4 is 5.69 Å². The number of hydrogen-bond donors (Lipinski definition) is 1. The SMILES string of the molecule is CCC1CC(NCCc2ccc([N+](=O)[O-])cc2)CCO1. The third-order valence-corrected chi connectivity index (χ3v) is 3.82. The van der Waals surface area contributed by atoms with Gasteiger partial charge < -0.3 is 10.1 Å². The Balaban J connectivity index is 1.74. The first-order valence-corrected chi connectivity index (χ1v) is 7.27. The first-order chi connectivity index (χ1) is 9.69. The summed E-state index contributed by atoms with van der Waals surface area (Å²) in [6.45, 7) is 3.90. The quantitative estimate of drug-likeness (QED) is 0.642. The van der Waals surface area contributed by atoms with Crippen LogP contribution >= 0.6 is 0 Å². The third kappa shape index (κ3) is 4.28. The van der Waals surface area contributed by atoms with E-state index in [0.29, 0.717) is 12.1 Å². The van der Waals surface area contributed by atoms with Gasteiger partial charge in [-0.25, -0.2) is 0 Å². The Labute approximate surface area is 119 Å². The van der Waals surface area contributed by atoms with E-state index in [0.717, 1.165) is 44.4 Å². The molecule has 1 aromatic rings. The highest BCUT2D eigenvalue weighted by atomic mass is 16.6. The molecule has 0 radical (unpaired) electrons. The first kappa shape index (κ1) is 14.9. The molecule has 1 aliphatic rings. The second kappa shape index (κ2) is 7.36. The van der Waals surface area contributed by atoms with Crippen LogP contribution in [0.1, 0.15) is 31.7 Å². The van der Waals surface area contributed by atoms with Gasteiger partial charge in [-0.1, -0.05) is 19.1 Å². The number of benzene rings is 1. The lowest BCUT2D eigenvalue weighted by Crippen LogP contribution is -2.39. The number of rotatable bonds is 6. The molecule has 0 saturated carbocycles. The van der Waals surface area contributed by atoms with E-state index < -0.39 is 0 Å². The monoisotopic (exact) mass is 278 g/mol. The molecule has 2 atom stereocenters. The Bertz CT molecular complexity index is 433. The smallest absolute Gasteiger partial charge is 0.269 e. The van der Waals surface area contributed by atoms with Crippen molar-refractivity contribution in [3.8, 4) is 0 Å². The second-order valence-electron chi connectivity index (χ2n) is 5.25. The lowest BCUT2D eigenvalue weighted by molar-refractivity contribution is -0.384. The van der Waals surface area contributed by atoms with Gasteiger partial charge in [0, 0.05) is 24.8 Å². The lowest BCUT2D eigenvalue weighted by Gasteiger charge is -2.29. The van der Waals surface area contributed by atoms with E-state index in [1.807, 2.05) is 12.1 Å². The molecule has 20 heavy (non-hydrogen) atoms. The Morgan fingerprint density at radius 2 is 2.15 bits per heavy atom. The molecule has 1 N–H and O–H groups in total. The minimum Gasteiger partial charge on any atom is -0.378 e. The molecule has 1 fully saturated rings. The minimum absolute atomic E-state index is 0.150. The van der Waals surface area contributed by atoms with Gasteiger partial charge in [0.1, 0.15) is 0 Å². The molecule has 0 aromatic heterocycles. The largest absolute Gasteiger partial charge is 0.378 e. The average molecular weight is 278 g/mol. The highest BCUT2D eigenvalue weighted by molar-refractivity contribution is 5.32. The highest BCUT2D eigenvalue weighted by Gasteiger charge is 2.20. The number of nitro benzene ring substituents is 1. The molecule has 5 nitrogen and oxygen atoms in total. The molecular weight excluding hydrogens is 256 g/mol. The molecule has 110 valence electrons. The van der Waals surface area contributed by atoms with Gasteiger partial charge in [0.25, 0.3) is 5.69 Å². The van der Waals surface area contributed by atoms with Crippen LogP contribution in [-0.2, 0) is 11.2 Å². The predicted octanol–water partition coefficient (Wildman–Crippen LogP) is 2.68. The molecule has 1 saturated heterocycles. The zero-order valence-corrected chi connectivity index (χ0v) is 11.9. The molecule has 0 amide bonds. The fraction of sp³-hybridized carbons (Fsp3) is 0.600. The number of nitrogens with one attached hydrogen (secondary N) is 1. The Morgan fingerprint density at radius 1 is 1.40 bits per heavy atom. The maximum atomic E-state index is 10.6. The van der Waals surface area contributed by atoms with Gasteiger partial charge in [0.2, 0.25) is 0 Å². The van der Waals surface area contributed by atoms with Crippen LogP contribution in [0.4, 0.5) is 5.69 Å². The van der Waals surface area contributed by atoms with Gasteiger partial charge in [-0.3, -0.25) is 10.1 Å². The van der Waals surface area contributed by atoms with Crippen LogP contribution in [0.2, 0.25) is 0 Å². The van der Waals surface area contributed by atoms with E-state index in [-0.39, 0.29) is 10.6 Å². The van der Waals surface area contributed by atoms with Crippen molar-refractivity contribution in [3.05, 3.63) is 39.9 Å². The van der Waals surface area contributed by atoms with Gasteiger partial charge in [-0.2, -0.15) is 0 Å². The summed E-state index contributed by atoms with van der Waals surface area (Å²) in [6, 6.07) is 7.33. The minimum atomic E-state index is -0.366. The van der Waals surface area contributed by atoms with Crippen LogP contribution in [0.25, 0.3) is 0 Å². The summed E-state index contributed by atoms with van der Waals surface area (Å²) in [5.41, 5.74) is 1.28. The number of nitro groups is 1. The van der Waals surface area contributed by atoms with Crippen LogP contribution < -0.4 is 5.32 Å². The highest BCUT2D eigenvalue weighted by Crippen LogP contribution is 2.16. The summed E-state index contributed by atoms with van der Waals surface area (Å²) < 4.78 is 5.65. The van der Waals surface area contributed by atoms with Crippen molar-refractivity contribution in [2.24, 2.45) is 0 Å². The normalized spacial score (nSPS) is 22.6. The summed E-state index contributed by atoms with van der Waals surface area (Å²) in [5.74, 6) is 0. The fourth-order valence-electron chi connectivity index (χ4n) is 2.56. The molecule has 0 aliphatic carbocycles. The van der Waals surface area contributed by atoms with Crippen molar-refractivity contribution in [3.63, 3.8) is 0 Å². The van der Waals surface area contributed by atoms with Crippen molar-refractivity contribution in [1.29, 1.82) is 0 Å². The van der Waals surface area contributed by atoms with Crippen LogP contribution in [0, 0.1) is 10.1 Å². The summed E-state index contributed by atoms with van der Waals surface area (Å²) in [4.78, 5) is 10.2. The summed E-state index contributed by atoms with van der Waals surface area (Å²) in [6.07, 6.45) is 4.50. The molecular formula is C15H22N2O3. The van der Waals surface area contributed by atoms with E-state index in [1.165, 1.54) is 0 Å². The predicted molar refractivity (Wildman–Crippen MR) is 77.9 cm³/mol. The number of nitrogens with zero attached hydrogens (tertiary/aromatic N) is 1. The van der Waals surface area contributed by atoms with Crippen LogP contribution in [0.5, 0.6) is 0 Å². The van der Waals surface area contributed by atoms with Crippen molar-refractivity contribution < 1.29 is 9.66 Å². The Kier molecular flexibility index (Phi) is 5.49. The second-order valence-corrected chi connectivity index (χ2v) is 5.25. The molecule has 5 heteroatoms. The van der Waals surface area contributed by atoms with Crippen molar-refractivity contribution in [2.45, 2.75) is 44.8 Å². The van der Waals surface area contributed by atoms with E-state index in [1.54, 1.807) is 12.1 Å². The molecule has 0 bridgehead atoms. The molecule has 1 aromatic carbocycles. The van der Waals surface area contributed by atoms with E-state index in [2.05, 4.69) is 12.2 Å². The summed E-state index contributed by atoms with van der Waals surface area (Å²) in [5, 5.41) is 14.1. The maximum absolute atomic E-state index is 10.6. The van der Waals surface area contributed by atoms with Gasteiger partial charge in [-0.05, 0) is 37.8 Å². The van der Waals surface area contributed by atoms with Crippen LogP contribution in [-0.4, -0.2) is 30.2 Å². The molecule has 0 spiro atoms. The molecule has 2 unspecified atom stereocenters. The van der Waals surface area contributed by atoms with Crippen LogP contribution in [0.15, 0.2) is 24.3 Å². The number of non-ortho nitro benzene ring substituents is 1. The number of ether oxygens (including phenoxy) is 1. The summed E-state index contributed by atoms with van der Waals surface area (Å²) in [7, 11) is 0. The Hall–Kier alpha value is -1.46. The maximum Gasteiger partial charge on any atom is 0.269 e. The third-order valence-electron chi connectivity index (χ3n) is 3.82. The molecule has 2 rings (SSSR count). The molecule has 1 heterocycles. The zero-order valence-electron chi connectivity index (χ0n) is 11.9. The standard InChI is InChI=1S/C15H22N2O3/c1-2-15-11-13(8-10-20-15)16-9-7-12-3-5-14(6-4-12)17(18)19/h3-6,13,15-16H,2,7-11H2,1H3. The van der Waals surface area contributed by atoms with E-state index in [4.69, 9.17) is 4.74 Å². The van der Waals surface area contributed by atoms with Gasteiger partial charge in [-0.15, -0.1) is 0 Å². The first-order valence-electron chi connectivity index (χ1n) is 7.27. The van der Waals surface area contributed by atoms with Gasteiger partial charge in [0.15, 0.2) is 0 Å². The van der Waals surface area contributed by atoms with Crippen LogP contribution in [0.3, 0.4) is 0 Å². The van der Waals surface area contributed by atoms with Crippen molar-refractivity contribution in [1.82, 2.24) is 5.32 Å². The zero-order chi connectivity index (χ0) is 14.4. The van der Waals surface area contributed by atoms with E-state index in [9.17, 15) is 10.1 Å². The van der Waals surface area contributed by atoms with Gasteiger partial charge in [0.05, 0.1) is 11.0 Å². The fourth-order valence-corrected chi connectivity index (χ4v) is 2.56. The Morgan fingerprint density at radius 3 is 2.80 bits per heavy atom.